The van der Waals surface area contributed by atoms with Gasteiger partial charge >= 0.3 is 5.97 Å². The van der Waals surface area contributed by atoms with Gasteiger partial charge in [0.2, 0.25) is 0 Å². The summed E-state index contributed by atoms with van der Waals surface area (Å²) in [5.41, 5.74) is 1.91. The molecule has 1 fully saturated rings. The highest BCUT2D eigenvalue weighted by atomic mass is 19.1. The molecule has 2 N–H and O–H groups in total. The SMILES string of the molecule is Cc1cccc(C(CC(=O)O)NC(=O)C2N(C(=O)c3ccncc3)CCCN2C(=O)c2ccc(F)cc2)c1. The van der Waals surface area contributed by atoms with Crippen LogP contribution in [0.5, 0.6) is 0 Å². The van der Waals surface area contributed by atoms with Crippen molar-refractivity contribution in [2.75, 3.05) is 13.1 Å². The summed E-state index contributed by atoms with van der Waals surface area (Å²) in [7, 11) is 0. The third-order valence-electron chi connectivity index (χ3n) is 6.30. The minimum absolute atomic E-state index is 0.156. The Labute approximate surface area is 218 Å². The zero-order valence-corrected chi connectivity index (χ0v) is 20.7. The van der Waals surface area contributed by atoms with Gasteiger partial charge in [0.1, 0.15) is 5.82 Å². The average molecular weight is 519 g/mol. The van der Waals surface area contributed by atoms with Crippen LogP contribution in [0.1, 0.15) is 50.7 Å². The van der Waals surface area contributed by atoms with E-state index in [9.17, 15) is 28.7 Å². The van der Waals surface area contributed by atoms with Crippen molar-refractivity contribution in [2.45, 2.75) is 32.0 Å². The Balaban J connectivity index is 1.71. The molecule has 1 saturated heterocycles. The molecule has 0 bridgehead atoms. The molecular weight excluding hydrogens is 491 g/mol. The van der Waals surface area contributed by atoms with E-state index in [1.54, 1.807) is 18.2 Å². The normalized spacial score (nSPS) is 16.0. The number of amides is 3. The highest BCUT2D eigenvalue weighted by Gasteiger charge is 2.41. The summed E-state index contributed by atoms with van der Waals surface area (Å²) < 4.78 is 13.5. The quantitative estimate of drug-likeness (QED) is 0.496. The van der Waals surface area contributed by atoms with Crippen LogP contribution in [-0.4, -0.2) is 62.8 Å². The number of aliphatic carboxylic acids is 1. The monoisotopic (exact) mass is 518 g/mol. The van der Waals surface area contributed by atoms with Crippen LogP contribution in [0.3, 0.4) is 0 Å². The fraction of sp³-hybridized carbons (Fsp3) is 0.250. The first-order valence-electron chi connectivity index (χ1n) is 12.1. The molecule has 2 unspecified atom stereocenters. The summed E-state index contributed by atoms with van der Waals surface area (Å²) in [6, 6.07) is 14.1. The summed E-state index contributed by atoms with van der Waals surface area (Å²) in [5, 5.41) is 12.3. The molecule has 1 aliphatic rings. The predicted octanol–water partition coefficient (Wildman–Crippen LogP) is 3.18. The highest BCUT2D eigenvalue weighted by molar-refractivity contribution is 6.01. The molecule has 0 radical (unpaired) electrons. The molecule has 9 nitrogen and oxygen atoms in total. The van der Waals surface area contributed by atoms with Crippen LogP contribution < -0.4 is 5.32 Å². The molecule has 1 aliphatic heterocycles. The van der Waals surface area contributed by atoms with Crippen molar-refractivity contribution < 1.29 is 28.7 Å². The molecule has 3 aromatic rings. The maximum absolute atomic E-state index is 13.8. The number of carbonyl (C=O) groups is 4. The molecule has 2 atom stereocenters. The number of hydrogen-bond acceptors (Lipinski definition) is 5. The fourth-order valence-corrected chi connectivity index (χ4v) is 4.51. The van der Waals surface area contributed by atoms with Crippen LogP contribution in [0.25, 0.3) is 0 Å². The van der Waals surface area contributed by atoms with E-state index >= 15 is 0 Å². The van der Waals surface area contributed by atoms with Crippen molar-refractivity contribution in [2.24, 2.45) is 0 Å². The van der Waals surface area contributed by atoms with Gasteiger partial charge in [0.05, 0.1) is 12.5 Å². The Hall–Kier alpha value is -4.60. The van der Waals surface area contributed by atoms with Crippen LogP contribution in [0.2, 0.25) is 0 Å². The van der Waals surface area contributed by atoms with Crippen LogP contribution >= 0.6 is 0 Å². The van der Waals surface area contributed by atoms with Gasteiger partial charge < -0.3 is 20.2 Å². The summed E-state index contributed by atoms with van der Waals surface area (Å²) in [6.45, 7) is 2.21. The Morgan fingerprint density at radius 2 is 1.58 bits per heavy atom. The third kappa shape index (κ3) is 6.03. The van der Waals surface area contributed by atoms with Gasteiger partial charge in [-0.15, -0.1) is 0 Å². The lowest BCUT2D eigenvalue weighted by atomic mass is 10.0. The summed E-state index contributed by atoms with van der Waals surface area (Å²) in [5.74, 6) is -3.37. The van der Waals surface area contributed by atoms with Gasteiger partial charge in [0.25, 0.3) is 17.7 Å². The fourth-order valence-electron chi connectivity index (χ4n) is 4.51. The predicted molar refractivity (Wildman–Crippen MR) is 135 cm³/mol. The number of benzene rings is 2. The van der Waals surface area contributed by atoms with E-state index in [4.69, 9.17) is 0 Å². The number of aromatic nitrogens is 1. The standard InChI is InChI=1S/C28H27FN4O5/c1-18-4-2-5-21(16-18)23(17-24(34)35)31-25(36)26-32(27(37)19-6-8-22(29)9-7-19)14-3-15-33(26)28(38)20-10-12-30-13-11-20/h2,4-13,16,23,26H,3,14-15,17H2,1H3,(H,31,36)(H,34,35). The largest absolute Gasteiger partial charge is 0.481 e. The molecule has 0 spiro atoms. The lowest BCUT2D eigenvalue weighted by Crippen LogP contribution is -2.63. The van der Waals surface area contributed by atoms with Gasteiger partial charge in [-0.1, -0.05) is 29.8 Å². The number of carbonyl (C=O) groups excluding carboxylic acids is 3. The molecule has 10 heteroatoms. The van der Waals surface area contributed by atoms with Crippen molar-refractivity contribution in [1.82, 2.24) is 20.1 Å². The summed E-state index contributed by atoms with van der Waals surface area (Å²) >= 11 is 0. The zero-order valence-electron chi connectivity index (χ0n) is 20.7. The molecule has 38 heavy (non-hydrogen) atoms. The lowest BCUT2D eigenvalue weighted by molar-refractivity contribution is -0.138. The number of aryl methyl sites for hydroxylation is 1. The van der Waals surface area contributed by atoms with E-state index in [0.29, 0.717) is 12.0 Å². The minimum Gasteiger partial charge on any atom is -0.481 e. The molecule has 196 valence electrons. The zero-order chi connectivity index (χ0) is 27.2. The Kier molecular flexibility index (Phi) is 8.10. The maximum Gasteiger partial charge on any atom is 0.305 e. The maximum atomic E-state index is 13.8. The lowest BCUT2D eigenvalue weighted by Gasteiger charge is -2.43. The van der Waals surface area contributed by atoms with Crippen LogP contribution in [0, 0.1) is 12.7 Å². The van der Waals surface area contributed by atoms with Gasteiger partial charge in [0.15, 0.2) is 6.17 Å². The van der Waals surface area contributed by atoms with Gasteiger partial charge in [0, 0.05) is 36.6 Å². The second-order valence-electron chi connectivity index (χ2n) is 9.04. The van der Waals surface area contributed by atoms with E-state index in [-0.39, 0.29) is 24.2 Å². The first-order chi connectivity index (χ1) is 18.2. The second-order valence-corrected chi connectivity index (χ2v) is 9.04. The van der Waals surface area contributed by atoms with E-state index in [2.05, 4.69) is 10.3 Å². The number of carboxylic acids is 1. The van der Waals surface area contributed by atoms with Crippen molar-refractivity contribution in [1.29, 1.82) is 0 Å². The number of nitrogens with one attached hydrogen (secondary N) is 1. The first-order valence-corrected chi connectivity index (χ1v) is 12.1. The van der Waals surface area contributed by atoms with E-state index in [1.165, 1.54) is 46.5 Å². The van der Waals surface area contributed by atoms with Crippen LogP contribution in [0.4, 0.5) is 4.39 Å². The Morgan fingerprint density at radius 3 is 2.16 bits per heavy atom. The molecule has 1 aromatic heterocycles. The molecule has 3 amide bonds. The number of carboxylic acid groups (broad SMARTS) is 1. The third-order valence-corrected chi connectivity index (χ3v) is 6.30. The van der Waals surface area contributed by atoms with Crippen LogP contribution in [-0.2, 0) is 9.59 Å². The smallest absolute Gasteiger partial charge is 0.305 e. The Bertz CT molecular complexity index is 1330. The number of hydrogen-bond donors (Lipinski definition) is 2. The molecule has 0 saturated carbocycles. The van der Waals surface area contributed by atoms with Crippen molar-refractivity contribution in [3.05, 3.63) is 101 Å². The molecule has 2 aromatic carbocycles. The number of rotatable bonds is 7. The second kappa shape index (κ2) is 11.6. The number of nitrogens with zero attached hydrogens (tertiary/aromatic N) is 3. The number of pyridine rings is 1. The van der Waals surface area contributed by atoms with E-state index in [0.717, 1.165) is 17.7 Å². The number of halogens is 1. The summed E-state index contributed by atoms with van der Waals surface area (Å²) in [6.07, 6.45) is 1.56. The van der Waals surface area contributed by atoms with Gasteiger partial charge in [-0.25, -0.2) is 4.39 Å². The molecule has 0 aliphatic carbocycles. The molecule has 2 heterocycles. The van der Waals surface area contributed by atoms with E-state index in [1.807, 2.05) is 13.0 Å². The summed E-state index contributed by atoms with van der Waals surface area (Å²) in [4.78, 5) is 58.9. The minimum atomic E-state index is -1.36. The molecule has 4 rings (SSSR count). The first kappa shape index (κ1) is 26.5. The average Bonchev–Trinajstić information content (AvgIpc) is 2.92. The van der Waals surface area contributed by atoms with Crippen molar-refractivity contribution >= 4 is 23.7 Å². The topological polar surface area (TPSA) is 120 Å². The van der Waals surface area contributed by atoms with Gasteiger partial charge in [-0.2, -0.15) is 0 Å². The van der Waals surface area contributed by atoms with Crippen molar-refractivity contribution in [3.63, 3.8) is 0 Å². The van der Waals surface area contributed by atoms with Gasteiger partial charge in [-0.05, 0) is 55.3 Å². The van der Waals surface area contributed by atoms with Crippen molar-refractivity contribution in [3.8, 4) is 0 Å². The van der Waals surface area contributed by atoms with Gasteiger partial charge in [-0.3, -0.25) is 24.2 Å². The van der Waals surface area contributed by atoms with E-state index < -0.39 is 48.1 Å². The Morgan fingerprint density at radius 1 is 0.974 bits per heavy atom. The molecular formula is C28H27FN4O5. The highest BCUT2D eigenvalue weighted by Crippen LogP contribution is 2.24. The van der Waals surface area contributed by atoms with Crippen LogP contribution in [0.15, 0.2) is 73.1 Å².